The van der Waals surface area contributed by atoms with Crippen LogP contribution < -0.4 is 0 Å². The number of hydrogen-bond donors (Lipinski definition) is 5. The molecule has 7 nitrogen and oxygen atoms in total. The molecule has 1 saturated carbocycles. The van der Waals surface area contributed by atoms with E-state index < -0.39 is 23.9 Å². The number of benzene rings is 1. The Hall–Kier alpha value is -2.55. The molecule has 0 aliphatic heterocycles. The lowest BCUT2D eigenvalue weighted by atomic mass is 9.61. The van der Waals surface area contributed by atoms with Gasteiger partial charge in [0.05, 0.1) is 17.8 Å². The predicted molar refractivity (Wildman–Crippen MR) is 142 cm³/mol. The highest BCUT2D eigenvalue weighted by atomic mass is 16.3. The van der Waals surface area contributed by atoms with E-state index in [1.54, 1.807) is 18.3 Å². The summed E-state index contributed by atoms with van der Waals surface area (Å²) in [7, 11) is 3.70. The van der Waals surface area contributed by atoms with Crippen molar-refractivity contribution in [3.05, 3.63) is 64.9 Å². The van der Waals surface area contributed by atoms with E-state index >= 15 is 0 Å². The van der Waals surface area contributed by atoms with E-state index in [1.807, 2.05) is 25.1 Å². The molecule has 0 bridgehead atoms. The first-order valence-corrected chi connectivity index (χ1v) is 13.2. The second-order valence-corrected chi connectivity index (χ2v) is 11.9. The molecule has 1 heterocycles. The summed E-state index contributed by atoms with van der Waals surface area (Å²) in [5.74, 6) is 0.184. The zero-order chi connectivity index (χ0) is 26.3. The van der Waals surface area contributed by atoms with Crippen LogP contribution in [0.3, 0.4) is 0 Å². The molecule has 0 saturated heterocycles. The van der Waals surface area contributed by atoms with Gasteiger partial charge in [0.1, 0.15) is 6.10 Å². The minimum absolute atomic E-state index is 0.00136. The molecule has 1 aromatic carbocycles. The topological polar surface area (TPSA) is 117 Å². The minimum atomic E-state index is -1.23. The molecule has 4 aliphatic rings. The van der Waals surface area contributed by atoms with Gasteiger partial charge in [-0.1, -0.05) is 36.8 Å². The third-order valence-corrected chi connectivity index (χ3v) is 9.63. The highest BCUT2D eigenvalue weighted by Gasteiger charge is 2.53. The summed E-state index contributed by atoms with van der Waals surface area (Å²) >= 11 is 0. The molecule has 0 amide bonds. The monoisotopic (exact) mass is 504 g/mol. The van der Waals surface area contributed by atoms with Crippen LogP contribution in [-0.2, 0) is 0 Å². The summed E-state index contributed by atoms with van der Waals surface area (Å²) in [6.45, 7) is 2.23. The van der Waals surface area contributed by atoms with Crippen LogP contribution >= 0.6 is 0 Å². The van der Waals surface area contributed by atoms with Crippen molar-refractivity contribution in [1.82, 2.24) is 9.88 Å². The van der Waals surface area contributed by atoms with E-state index in [0.29, 0.717) is 31.3 Å². The Bertz CT molecular complexity index is 1360. The Labute approximate surface area is 217 Å². The molecule has 2 unspecified atom stereocenters. The average Bonchev–Trinajstić information content (AvgIpc) is 3.10. The van der Waals surface area contributed by atoms with Crippen LogP contribution in [0.1, 0.15) is 44.6 Å². The van der Waals surface area contributed by atoms with Crippen molar-refractivity contribution in [1.29, 1.82) is 0 Å². The van der Waals surface area contributed by atoms with Crippen LogP contribution in [0.5, 0.6) is 5.88 Å². The van der Waals surface area contributed by atoms with Gasteiger partial charge in [0, 0.05) is 29.1 Å². The lowest BCUT2D eigenvalue weighted by Crippen LogP contribution is -2.58. The van der Waals surface area contributed by atoms with Gasteiger partial charge in [-0.2, -0.15) is 0 Å². The average molecular weight is 505 g/mol. The highest BCUT2D eigenvalue weighted by Crippen LogP contribution is 2.60. The van der Waals surface area contributed by atoms with Gasteiger partial charge in [-0.15, -0.1) is 0 Å². The van der Waals surface area contributed by atoms with Crippen LogP contribution in [-0.4, -0.2) is 79.5 Å². The molecule has 5 N–H and O–H groups in total. The molecular weight excluding hydrogens is 468 g/mol. The highest BCUT2D eigenvalue weighted by molar-refractivity contribution is 5.87. The molecule has 7 atom stereocenters. The molecule has 7 heteroatoms. The lowest BCUT2D eigenvalue weighted by molar-refractivity contribution is -0.0922. The van der Waals surface area contributed by atoms with Crippen molar-refractivity contribution >= 4 is 16.3 Å². The molecule has 6 rings (SSSR count). The smallest absolute Gasteiger partial charge is 0.211 e. The van der Waals surface area contributed by atoms with Gasteiger partial charge in [0.2, 0.25) is 5.88 Å². The zero-order valence-corrected chi connectivity index (χ0v) is 21.6. The number of allylic oxidation sites excluding steroid dienone is 3. The lowest BCUT2D eigenvalue weighted by Gasteiger charge is -2.46. The molecule has 0 radical (unpaired) electrons. The minimum Gasteiger partial charge on any atom is -0.493 e. The number of nitrogens with zero attached hydrogens (tertiary/aromatic N) is 2. The summed E-state index contributed by atoms with van der Waals surface area (Å²) in [5, 5.41) is 56.7. The Morgan fingerprint density at radius 3 is 2.59 bits per heavy atom. The molecule has 1 aromatic heterocycles. The van der Waals surface area contributed by atoms with E-state index in [1.165, 1.54) is 5.57 Å². The summed E-state index contributed by atoms with van der Waals surface area (Å²) in [5.41, 5.74) is 3.17. The fourth-order valence-corrected chi connectivity index (χ4v) is 7.59. The molecule has 37 heavy (non-hydrogen) atoms. The third kappa shape index (κ3) is 3.71. The van der Waals surface area contributed by atoms with Gasteiger partial charge >= 0.3 is 0 Å². The van der Waals surface area contributed by atoms with Crippen molar-refractivity contribution in [3.63, 3.8) is 0 Å². The largest absolute Gasteiger partial charge is 0.493 e. The second-order valence-electron chi connectivity index (χ2n) is 11.9. The van der Waals surface area contributed by atoms with E-state index in [2.05, 4.69) is 30.1 Å². The van der Waals surface area contributed by atoms with Crippen LogP contribution in [0, 0.1) is 11.3 Å². The second kappa shape index (κ2) is 8.48. The molecule has 1 fully saturated rings. The maximum Gasteiger partial charge on any atom is 0.211 e. The van der Waals surface area contributed by atoms with Gasteiger partial charge in [0.25, 0.3) is 0 Å². The van der Waals surface area contributed by atoms with E-state index in [-0.39, 0.29) is 23.3 Å². The normalized spacial score (nSPS) is 37.6. The number of rotatable bonds is 2. The van der Waals surface area contributed by atoms with Gasteiger partial charge in [0.15, 0.2) is 0 Å². The molecule has 2 aromatic rings. The number of pyridine rings is 1. The SMILES string of the molecule is CN(C)[C@H]1C[C@]2(O)CCC3=C(C=C2[C@@H](O)[C@@H]1O)C(O)C[C@]1(C)C(c2ccc4cc(O)ncc4c2)=CCC31. The molecule has 0 spiro atoms. The third-order valence-electron chi connectivity index (χ3n) is 9.63. The number of aliphatic hydroxyl groups is 4. The van der Waals surface area contributed by atoms with Crippen molar-refractivity contribution < 1.29 is 25.5 Å². The summed E-state index contributed by atoms with van der Waals surface area (Å²) in [6, 6.07) is 7.47. The predicted octanol–water partition coefficient (Wildman–Crippen LogP) is 2.92. The number of aliphatic hydroxyl groups excluding tert-OH is 3. The fraction of sp³-hybridized carbons (Fsp3) is 0.500. The Morgan fingerprint density at radius 2 is 1.84 bits per heavy atom. The molecular formula is C30H36N2O5. The van der Waals surface area contributed by atoms with Gasteiger partial charge < -0.3 is 30.4 Å². The number of hydrogen-bond acceptors (Lipinski definition) is 7. The van der Waals surface area contributed by atoms with Crippen molar-refractivity contribution in [3.8, 4) is 5.88 Å². The van der Waals surface area contributed by atoms with E-state index in [9.17, 15) is 25.5 Å². The maximum atomic E-state index is 11.8. The Kier molecular flexibility index (Phi) is 5.68. The number of likely N-dealkylation sites (N-methyl/N-ethyl adjacent to an activating group) is 1. The van der Waals surface area contributed by atoms with Crippen LogP contribution in [0.4, 0.5) is 0 Å². The van der Waals surface area contributed by atoms with Crippen LogP contribution in [0.15, 0.2) is 59.3 Å². The number of fused-ring (bicyclic) bond motifs is 4. The fourth-order valence-electron chi connectivity index (χ4n) is 7.59. The molecule has 4 aliphatic carbocycles. The first kappa shape index (κ1) is 24.8. The summed E-state index contributed by atoms with van der Waals surface area (Å²) < 4.78 is 0. The van der Waals surface area contributed by atoms with Gasteiger partial charge in [-0.05, 0) is 85.9 Å². The Balaban J connectivity index is 1.37. The van der Waals surface area contributed by atoms with Crippen molar-refractivity contribution in [2.24, 2.45) is 11.3 Å². The first-order chi connectivity index (χ1) is 17.5. The summed E-state index contributed by atoms with van der Waals surface area (Å²) in [4.78, 5) is 5.90. The summed E-state index contributed by atoms with van der Waals surface area (Å²) in [6.07, 6.45) is 5.66. The van der Waals surface area contributed by atoms with Gasteiger partial charge in [-0.25, -0.2) is 4.98 Å². The quantitative estimate of drug-likeness (QED) is 0.427. The standard InChI is InChI=1S/C30H36N2O5/c1-29-14-25(33)20-12-23-27(35)28(36)24(32(2)3)13-30(23,37)9-8-19(20)22(29)7-6-21(29)17-5-4-16-11-26(34)31-15-18(16)10-17/h4-6,10-12,15,22,24-25,27-28,33,35-37H,7-9,13-14H2,1-3H3,(H,31,34)/t22?,24-,25?,27+,28+,29+,30+/m0/s1. The van der Waals surface area contributed by atoms with Gasteiger partial charge in [-0.3, -0.25) is 0 Å². The van der Waals surface area contributed by atoms with E-state index in [0.717, 1.165) is 33.9 Å². The van der Waals surface area contributed by atoms with Crippen LogP contribution in [0.2, 0.25) is 0 Å². The van der Waals surface area contributed by atoms with E-state index in [4.69, 9.17) is 0 Å². The van der Waals surface area contributed by atoms with Crippen LogP contribution in [0.25, 0.3) is 16.3 Å². The molecule has 196 valence electrons. The first-order valence-electron chi connectivity index (χ1n) is 13.2. The van der Waals surface area contributed by atoms with Crippen molar-refractivity contribution in [2.45, 2.75) is 69.0 Å². The van der Waals surface area contributed by atoms with Crippen molar-refractivity contribution in [2.75, 3.05) is 14.1 Å². The maximum absolute atomic E-state index is 11.8. The Morgan fingerprint density at radius 1 is 1.05 bits per heavy atom. The number of aromatic nitrogens is 1. The number of aromatic hydroxyl groups is 1. The zero-order valence-electron chi connectivity index (χ0n) is 21.6.